The van der Waals surface area contributed by atoms with E-state index in [1.807, 2.05) is 5.32 Å². The van der Waals surface area contributed by atoms with Gasteiger partial charge in [0.05, 0.1) is 19.1 Å². The van der Waals surface area contributed by atoms with Crippen molar-refractivity contribution in [2.75, 3.05) is 6.61 Å². The monoisotopic (exact) mass is 477 g/mol. The Kier molecular flexibility index (Phi) is 12.7. The van der Waals surface area contributed by atoms with Gasteiger partial charge in [0.25, 0.3) is 0 Å². The average Bonchev–Trinajstić information content (AvgIpc) is 2.70. The number of nitrogens with one attached hydrogen (secondary N) is 3. The summed E-state index contributed by atoms with van der Waals surface area (Å²) in [4.78, 5) is 80.8. The van der Waals surface area contributed by atoms with E-state index in [2.05, 4.69) is 10.6 Å². The van der Waals surface area contributed by atoms with E-state index < -0.39 is 98.0 Å². The minimum Gasteiger partial charge on any atom is -0.481 e. The molecular formula is C17H27N5O11. The van der Waals surface area contributed by atoms with Crippen LogP contribution in [0.5, 0.6) is 0 Å². The van der Waals surface area contributed by atoms with Gasteiger partial charge in [0.2, 0.25) is 23.6 Å². The summed E-state index contributed by atoms with van der Waals surface area (Å²) in [7, 11) is 0. The highest BCUT2D eigenvalue weighted by atomic mass is 16.4. The van der Waals surface area contributed by atoms with Crippen LogP contribution in [0, 0.1) is 0 Å². The van der Waals surface area contributed by atoms with Crippen molar-refractivity contribution in [1.29, 1.82) is 0 Å². The SMILES string of the molecule is NC(=O)CCC(NC(=O)C(CCC(=O)O)NC(=O)C(N)CC(=O)O)C(=O)NC(CO)C(=O)O. The molecule has 0 aromatic heterocycles. The first kappa shape index (κ1) is 29.2. The smallest absolute Gasteiger partial charge is 0.328 e. The van der Waals surface area contributed by atoms with Crippen LogP contribution in [0.25, 0.3) is 0 Å². The fourth-order valence-corrected chi connectivity index (χ4v) is 2.38. The number of amides is 4. The fraction of sp³-hybridized carbons (Fsp3) is 0.588. The van der Waals surface area contributed by atoms with Gasteiger partial charge >= 0.3 is 17.9 Å². The summed E-state index contributed by atoms with van der Waals surface area (Å²) >= 11 is 0. The molecular weight excluding hydrogens is 450 g/mol. The van der Waals surface area contributed by atoms with E-state index in [-0.39, 0.29) is 6.42 Å². The number of primary amides is 1. The lowest BCUT2D eigenvalue weighted by molar-refractivity contribution is -0.143. The molecule has 4 unspecified atom stereocenters. The van der Waals surface area contributed by atoms with E-state index in [1.165, 1.54) is 0 Å². The summed E-state index contributed by atoms with van der Waals surface area (Å²) in [6.07, 6.45) is -2.64. The van der Waals surface area contributed by atoms with Gasteiger partial charge in [-0.1, -0.05) is 0 Å². The van der Waals surface area contributed by atoms with Crippen molar-refractivity contribution >= 4 is 41.5 Å². The summed E-state index contributed by atoms with van der Waals surface area (Å²) < 4.78 is 0. The highest BCUT2D eigenvalue weighted by molar-refractivity contribution is 5.95. The Morgan fingerprint density at radius 3 is 1.55 bits per heavy atom. The van der Waals surface area contributed by atoms with Gasteiger partial charge in [-0.05, 0) is 12.8 Å². The largest absolute Gasteiger partial charge is 0.481 e. The van der Waals surface area contributed by atoms with Crippen molar-refractivity contribution in [1.82, 2.24) is 16.0 Å². The number of rotatable bonds is 16. The first-order valence-corrected chi connectivity index (χ1v) is 9.50. The maximum absolute atomic E-state index is 12.6. The maximum atomic E-state index is 12.6. The van der Waals surface area contributed by atoms with Crippen molar-refractivity contribution in [3.8, 4) is 0 Å². The molecule has 0 heterocycles. The van der Waals surface area contributed by atoms with Crippen LogP contribution in [-0.4, -0.2) is 92.7 Å². The molecule has 0 aromatic carbocycles. The first-order valence-electron chi connectivity index (χ1n) is 9.50. The molecule has 0 saturated carbocycles. The number of aliphatic carboxylic acids is 3. The van der Waals surface area contributed by atoms with Crippen molar-refractivity contribution in [2.24, 2.45) is 11.5 Å². The highest BCUT2D eigenvalue weighted by Gasteiger charge is 2.31. The predicted octanol–water partition coefficient (Wildman–Crippen LogP) is -4.55. The Morgan fingerprint density at radius 1 is 0.697 bits per heavy atom. The molecule has 16 heteroatoms. The van der Waals surface area contributed by atoms with E-state index >= 15 is 0 Å². The molecule has 4 amide bonds. The number of carbonyl (C=O) groups is 7. The second-order valence-corrected chi connectivity index (χ2v) is 6.85. The summed E-state index contributed by atoms with van der Waals surface area (Å²) in [5.74, 6) is -8.42. The fourth-order valence-electron chi connectivity index (χ4n) is 2.38. The van der Waals surface area contributed by atoms with Crippen molar-refractivity contribution in [3.05, 3.63) is 0 Å². The van der Waals surface area contributed by atoms with E-state index in [0.29, 0.717) is 0 Å². The molecule has 0 rings (SSSR count). The summed E-state index contributed by atoms with van der Waals surface area (Å²) in [5, 5.41) is 41.7. The van der Waals surface area contributed by atoms with Crippen molar-refractivity contribution in [2.45, 2.75) is 56.3 Å². The number of carbonyl (C=O) groups excluding carboxylic acids is 4. The summed E-state index contributed by atoms with van der Waals surface area (Å²) in [6, 6.07) is -6.39. The first-order chi connectivity index (χ1) is 15.3. The molecule has 11 N–H and O–H groups in total. The van der Waals surface area contributed by atoms with Crippen LogP contribution in [0.15, 0.2) is 0 Å². The molecule has 0 aromatic rings. The van der Waals surface area contributed by atoms with Gasteiger partial charge in [0.15, 0.2) is 0 Å². The molecule has 0 bridgehead atoms. The topological polar surface area (TPSA) is 289 Å². The third kappa shape index (κ3) is 12.0. The molecule has 186 valence electrons. The van der Waals surface area contributed by atoms with Crippen LogP contribution in [0.3, 0.4) is 0 Å². The van der Waals surface area contributed by atoms with Gasteiger partial charge < -0.3 is 47.8 Å². The number of aliphatic hydroxyl groups excluding tert-OH is 1. The minimum atomic E-state index is -1.72. The lowest BCUT2D eigenvalue weighted by atomic mass is 10.1. The van der Waals surface area contributed by atoms with E-state index in [9.17, 15) is 33.6 Å². The van der Waals surface area contributed by atoms with Crippen LogP contribution in [0.4, 0.5) is 0 Å². The number of hydrogen-bond donors (Lipinski definition) is 9. The second kappa shape index (κ2) is 14.3. The lowest BCUT2D eigenvalue weighted by Crippen LogP contribution is -2.57. The zero-order valence-corrected chi connectivity index (χ0v) is 17.4. The van der Waals surface area contributed by atoms with E-state index in [1.54, 1.807) is 0 Å². The van der Waals surface area contributed by atoms with Crippen LogP contribution < -0.4 is 27.4 Å². The second-order valence-electron chi connectivity index (χ2n) is 6.85. The number of aliphatic hydroxyl groups is 1. The van der Waals surface area contributed by atoms with Crippen molar-refractivity contribution in [3.63, 3.8) is 0 Å². The summed E-state index contributed by atoms with van der Waals surface area (Å²) in [6.45, 7) is -0.976. The zero-order chi connectivity index (χ0) is 25.7. The number of carboxylic acid groups (broad SMARTS) is 3. The maximum Gasteiger partial charge on any atom is 0.328 e. The number of carboxylic acids is 3. The molecule has 0 aliphatic carbocycles. The molecule has 33 heavy (non-hydrogen) atoms. The van der Waals surface area contributed by atoms with Crippen LogP contribution in [0.1, 0.15) is 32.1 Å². The summed E-state index contributed by atoms with van der Waals surface area (Å²) in [5.41, 5.74) is 10.4. The molecule has 0 aliphatic heterocycles. The highest BCUT2D eigenvalue weighted by Crippen LogP contribution is 2.04. The molecule has 16 nitrogen and oxygen atoms in total. The van der Waals surface area contributed by atoms with Gasteiger partial charge in [0.1, 0.15) is 18.1 Å². The van der Waals surface area contributed by atoms with Crippen LogP contribution in [0.2, 0.25) is 0 Å². The van der Waals surface area contributed by atoms with Gasteiger partial charge in [-0.2, -0.15) is 0 Å². The Bertz CT molecular complexity index is 772. The standard InChI is InChI=1S/C17H27N5O11/c18-7(5-13(27)28)14(29)20-9(2-4-12(25)26)15(30)21-8(1-3-11(19)24)16(31)22-10(6-23)17(32)33/h7-10,23H,1-6,18H2,(H2,19,24)(H,20,29)(H,21,30)(H,22,31)(H,25,26)(H,27,28)(H,32,33). The third-order valence-corrected chi connectivity index (χ3v) is 4.12. The van der Waals surface area contributed by atoms with Gasteiger partial charge in [0, 0.05) is 12.8 Å². The van der Waals surface area contributed by atoms with Gasteiger partial charge in [-0.3, -0.25) is 28.8 Å². The third-order valence-electron chi connectivity index (χ3n) is 4.12. The molecule has 0 spiro atoms. The number of hydrogen-bond acceptors (Lipinski definition) is 9. The molecule has 0 radical (unpaired) electrons. The van der Waals surface area contributed by atoms with E-state index in [4.69, 9.17) is 31.9 Å². The van der Waals surface area contributed by atoms with Gasteiger partial charge in [-0.15, -0.1) is 0 Å². The lowest BCUT2D eigenvalue weighted by Gasteiger charge is -2.24. The van der Waals surface area contributed by atoms with Crippen LogP contribution >= 0.6 is 0 Å². The van der Waals surface area contributed by atoms with E-state index in [0.717, 1.165) is 0 Å². The Hall–Kier alpha value is -3.79. The molecule has 4 atom stereocenters. The predicted molar refractivity (Wildman–Crippen MR) is 106 cm³/mol. The molecule has 0 saturated heterocycles. The van der Waals surface area contributed by atoms with Crippen molar-refractivity contribution < 1.29 is 54.0 Å². The quantitative estimate of drug-likeness (QED) is 0.101. The Labute approximate surface area is 186 Å². The Morgan fingerprint density at radius 2 is 1.15 bits per heavy atom. The minimum absolute atomic E-state index is 0.386. The zero-order valence-electron chi connectivity index (χ0n) is 17.4. The average molecular weight is 477 g/mol. The van der Waals surface area contributed by atoms with Crippen LogP contribution in [-0.2, 0) is 33.6 Å². The van der Waals surface area contributed by atoms with Gasteiger partial charge in [-0.25, -0.2) is 4.79 Å². The number of nitrogens with two attached hydrogens (primary N) is 2. The normalized spacial score (nSPS) is 14.1. The Balaban J connectivity index is 5.55. The molecule has 0 aliphatic rings. The molecule has 0 fully saturated rings.